The summed E-state index contributed by atoms with van der Waals surface area (Å²) in [5.41, 5.74) is -0.852. The minimum absolute atomic E-state index is 0.0360. The molecule has 3 unspecified atom stereocenters. The fraction of sp³-hybridized carbons (Fsp3) is 0.684. The summed E-state index contributed by atoms with van der Waals surface area (Å²) in [4.78, 5) is 1.20. The molecular weight excluding hydrogens is 290 g/mol. The predicted molar refractivity (Wildman–Crippen MR) is 91.1 cm³/mol. The van der Waals surface area contributed by atoms with Gasteiger partial charge in [0.25, 0.3) is 0 Å². The van der Waals surface area contributed by atoms with E-state index in [1.165, 1.54) is 4.90 Å². The van der Waals surface area contributed by atoms with Crippen molar-refractivity contribution in [2.45, 2.75) is 45.2 Å². The molecule has 1 aromatic carbocycles. The maximum Gasteiger partial charge on any atom is 0.161 e. The van der Waals surface area contributed by atoms with Gasteiger partial charge in [0.2, 0.25) is 0 Å². The highest BCUT2D eigenvalue weighted by atomic mass is 16.5. The van der Waals surface area contributed by atoms with Gasteiger partial charge in [0.05, 0.1) is 31.1 Å². The van der Waals surface area contributed by atoms with E-state index in [1.807, 2.05) is 13.8 Å². The first kappa shape index (κ1) is 7.32. The third-order valence-electron chi connectivity index (χ3n) is 4.41. The van der Waals surface area contributed by atoms with Gasteiger partial charge in [0, 0.05) is 24.6 Å². The molecule has 0 amide bonds. The van der Waals surface area contributed by atoms with Crippen molar-refractivity contribution >= 4 is 0 Å². The second-order valence-electron chi connectivity index (χ2n) is 6.50. The molecule has 1 N–H and O–H groups in total. The Balaban J connectivity index is 2.32. The van der Waals surface area contributed by atoms with E-state index in [1.54, 1.807) is 0 Å². The molecule has 1 aromatic rings. The van der Waals surface area contributed by atoms with E-state index in [4.69, 9.17) is 25.9 Å². The molecule has 23 heavy (non-hydrogen) atoms. The lowest BCUT2D eigenvalue weighted by Crippen LogP contribution is -2.48. The molecule has 0 radical (unpaired) electrons. The molecule has 4 nitrogen and oxygen atoms in total. The average molecular weight is 332 g/mol. The zero-order valence-corrected chi connectivity index (χ0v) is 13.1. The summed E-state index contributed by atoms with van der Waals surface area (Å²) in [6.45, 7) is 1.15. The van der Waals surface area contributed by atoms with E-state index in [0.717, 1.165) is 0 Å². The summed E-state index contributed by atoms with van der Waals surface area (Å²) < 4.78 is 106. The van der Waals surface area contributed by atoms with Crippen LogP contribution in [-0.4, -0.2) is 43.2 Å². The number of aliphatic hydroxyl groups is 1. The van der Waals surface area contributed by atoms with Crippen LogP contribution in [0.4, 0.5) is 0 Å². The van der Waals surface area contributed by atoms with Crippen molar-refractivity contribution in [1.82, 2.24) is 4.90 Å². The first-order valence-electron chi connectivity index (χ1n) is 13.7. The molecule has 0 spiro atoms. The SMILES string of the molecule is [2H]c1c(OC([2H])([2H])[2H])c(OC([2H])([2H])[2H])c([2H])c2c1C1CC(O)C(CC(C)C)CN1C([2H])([2H])C2([2H])[2H]. The van der Waals surface area contributed by atoms with Crippen molar-refractivity contribution in [3.8, 4) is 11.5 Å². The molecule has 0 aliphatic carbocycles. The lowest BCUT2D eigenvalue weighted by molar-refractivity contribution is -0.0191. The highest BCUT2D eigenvalue weighted by Gasteiger charge is 2.38. The van der Waals surface area contributed by atoms with E-state index in [0.29, 0.717) is 6.42 Å². The third-order valence-corrected chi connectivity index (χ3v) is 4.41. The molecule has 0 bridgehead atoms. The maximum absolute atomic E-state index is 10.8. The Bertz CT molecular complexity index is 976. The van der Waals surface area contributed by atoms with Crippen LogP contribution in [0.2, 0.25) is 0 Å². The zero-order valence-electron chi connectivity index (χ0n) is 25.1. The summed E-state index contributed by atoms with van der Waals surface area (Å²) in [6.07, 6.45) is -3.39. The van der Waals surface area contributed by atoms with Crippen molar-refractivity contribution in [2.24, 2.45) is 11.8 Å². The highest BCUT2D eigenvalue weighted by molar-refractivity contribution is 5.49. The van der Waals surface area contributed by atoms with E-state index in [-0.39, 0.29) is 30.4 Å². The lowest BCUT2D eigenvalue weighted by atomic mass is 9.79. The molecule has 2 aliphatic heterocycles. The number of hydrogen-bond donors (Lipinski definition) is 1. The Morgan fingerprint density at radius 1 is 1.39 bits per heavy atom. The Hall–Kier alpha value is -1.26. The molecule has 2 heterocycles. The van der Waals surface area contributed by atoms with Crippen LogP contribution in [0.5, 0.6) is 11.5 Å². The monoisotopic (exact) mass is 331 g/mol. The van der Waals surface area contributed by atoms with Gasteiger partial charge in [-0.1, -0.05) is 13.8 Å². The molecule has 2 aliphatic rings. The quantitative estimate of drug-likeness (QED) is 0.921. The summed E-state index contributed by atoms with van der Waals surface area (Å²) >= 11 is 0. The van der Waals surface area contributed by atoms with Crippen LogP contribution in [0.3, 0.4) is 0 Å². The summed E-state index contributed by atoms with van der Waals surface area (Å²) in [5, 5.41) is 10.8. The van der Waals surface area contributed by atoms with Crippen molar-refractivity contribution in [3.05, 3.63) is 23.2 Å². The number of hydrogen-bond acceptors (Lipinski definition) is 4. The van der Waals surface area contributed by atoms with Crippen molar-refractivity contribution in [3.63, 3.8) is 0 Å². The van der Waals surface area contributed by atoms with Gasteiger partial charge < -0.3 is 14.6 Å². The zero-order chi connectivity index (χ0) is 26.9. The molecule has 0 aromatic heterocycles. The van der Waals surface area contributed by atoms with Crippen LogP contribution < -0.4 is 9.47 Å². The Morgan fingerprint density at radius 3 is 2.83 bits per heavy atom. The summed E-state index contributed by atoms with van der Waals surface area (Å²) in [6, 6.07) is -2.73. The smallest absolute Gasteiger partial charge is 0.161 e. The summed E-state index contributed by atoms with van der Waals surface area (Å²) in [7, 11) is -6.35. The molecule has 4 heteroatoms. The van der Waals surface area contributed by atoms with Crippen molar-refractivity contribution < 1.29 is 31.0 Å². The highest BCUT2D eigenvalue weighted by Crippen LogP contribution is 2.43. The van der Waals surface area contributed by atoms with Crippen LogP contribution in [0.15, 0.2) is 12.1 Å². The van der Waals surface area contributed by atoms with Gasteiger partial charge in [-0.15, -0.1) is 0 Å². The van der Waals surface area contributed by atoms with E-state index in [9.17, 15) is 5.11 Å². The molecule has 1 fully saturated rings. The van der Waals surface area contributed by atoms with Crippen LogP contribution in [-0.2, 0) is 6.37 Å². The van der Waals surface area contributed by atoms with E-state index < -0.39 is 68.2 Å². The standard InChI is InChI=1S/C19H29NO3/c1-12(2)7-14-11-20-6-5-13-8-18(22-3)19(23-4)9-15(13)16(20)10-17(14)21/h8-9,12,14,16-17,21H,5-7,10-11H2,1-4H3/i3D3,4D3,5D2,6D2,8D,9D. The van der Waals surface area contributed by atoms with Crippen LogP contribution in [0.1, 0.15) is 60.3 Å². The van der Waals surface area contributed by atoms with E-state index in [2.05, 4.69) is 0 Å². The summed E-state index contributed by atoms with van der Waals surface area (Å²) in [5.74, 6) is -2.05. The van der Waals surface area contributed by atoms with Gasteiger partial charge in [-0.2, -0.15) is 0 Å². The topological polar surface area (TPSA) is 41.9 Å². The molecular formula is C19H29NO3. The average Bonchev–Trinajstić information content (AvgIpc) is 2.65. The van der Waals surface area contributed by atoms with Crippen LogP contribution in [0, 0.1) is 11.8 Å². The number of nitrogens with zero attached hydrogens (tertiary/aromatic N) is 1. The number of rotatable bonds is 4. The van der Waals surface area contributed by atoms with Gasteiger partial charge in [-0.05, 0) is 54.3 Å². The molecule has 3 atom stereocenters. The molecule has 128 valence electrons. The van der Waals surface area contributed by atoms with Gasteiger partial charge in [0.1, 0.15) is 0 Å². The minimum atomic E-state index is -3.19. The van der Waals surface area contributed by atoms with Gasteiger partial charge in [-0.3, -0.25) is 4.90 Å². The Morgan fingerprint density at radius 2 is 2.13 bits per heavy atom. The first-order valence-corrected chi connectivity index (χ1v) is 7.69. The second kappa shape index (κ2) is 6.70. The van der Waals surface area contributed by atoms with Crippen molar-refractivity contribution in [2.75, 3.05) is 27.1 Å². The first-order chi connectivity index (χ1) is 15.7. The van der Waals surface area contributed by atoms with Crippen LogP contribution in [0.25, 0.3) is 0 Å². The molecule has 0 saturated carbocycles. The predicted octanol–water partition coefficient (Wildman–Crippen LogP) is 3.03. The Kier molecular flexibility index (Phi) is 2.13. The maximum atomic E-state index is 10.8. The molecule has 1 saturated heterocycles. The molecule has 3 rings (SSSR count). The van der Waals surface area contributed by atoms with Gasteiger partial charge in [0.15, 0.2) is 11.5 Å². The van der Waals surface area contributed by atoms with Gasteiger partial charge >= 0.3 is 0 Å². The number of aliphatic hydroxyl groups excluding tert-OH is 1. The third kappa shape index (κ3) is 3.20. The Labute approximate surface area is 156 Å². The number of piperidine rings is 1. The fourth-order valence-corrected chi connectivity index (χ4v) is 3.38. The normalized spacial score (nSPS) is 40.6. The number of benzene rings is 1. The van der Waals surface area contributed by atoms with Crippen molar-refractivity contribution in [1.29, 1.82) is 0 Å². The lowest BCUT2D eigenvalue weighted by Gasteiger charge is -2.46. The fourth-order valence-electron chi connectivity index (χ4n) is 3.38. The number of methoxy groups -OCH3 is 2. The van der Waals surface area contributed by atoms with Gasteiger partial charge in [-0.25, -0.2) is 0 Å². The number of ether oxygens (including phenoxy) is 2. The van der Waals surface area contributed by atoms with Crippen LogP contribution >= 0.6 is 0 Å². The minimum Gasteiger partial charge on any atom is -0.493 e. The second-order valence-corrected chi connectivity index (χ2v) is 6.50. The largest absolute Gasteiger partial charge is 0.493 e. The van der Waals surface area contributed by atoms with E-state index >= 15 is 0 Å². The number of fused-ring (bicyclic) bond motifs is 3.